The Hall–Kier alpha value is -4.12. The van der Waals surface area contributed by atoms with Gasteiger partial charge in [0.15, 0.2) is 11.4 Å². The molecule has 0 bridgehead atoms. The Morgan fingerprint density at radius 3 is 2.45 bits per heavy atom. The topological polar surface area (TPSA) is 61.6 Å². The number of allylic oxidation sites excluding steroid dienone is 2. The first-order valence-corrected chi connectivity index (χ1v) is 9.83. The van der Waals surface area contributed by atoms with Crippen LogP contribution < -0.4 is 9.47 Å². The van der Waals surface area contributed by atoms with Crippen LogP contribution in [0.3, 0.4) is 0 Å². The summed E-state index contributed by atoms with van der Waals surface area (Å²) < 4.78 is 16.8. The molecule has 0 spiro atoms. The molecular formula is C26H21NO4. The molecule has 0 saturated heterocycles. The van der Waals surface area contributed by atoms with E-state index in [2.05, 4.69) is 4.98 Å². The van der Waals surface area contributed by atoms with Gasteiger partial charge in [0.2, 0.25) is 5.89 Å². The van der Waals surface area contributed by atoms with E-state index in [1.165, 1.54) is 0 Å². The Kier molecular flexibility index (Phi) is 5.94. The molecule has 0 amide bonds. The highest BCUT2D eigenvalue weighted by Crippen LogP contribution is 2.29. The highest BCUT2D eigenvalue weighted by atomic mass is 16.5. The van der Waals surface area contributed by atoms with E-state index >= 15 is 0 Å². The number of ketones is 1. The zero-order chi connectivity index (χ0) is 21.6. The SMILES string of the molecule is C/C=C/Oc1ccc(C(=O)/C(=C\c2ccccc2OC)c2nc3ccccc3o2)cc1. The van der Waals surface area contributed by atoms with Crippen molar-refractivity contribution in [2.45, 2.75) is 6.92 Å². The Morgan fingerprint density at radius 1 is 0.968 bits per heavy atom. The summed E-state index contributed by atoms with van der Waals surface area (Å²) in [6.07, 6.45) is 5.12. The second kappa shape index (κ2) is 9.13. The molecule has 1 heterocycles. The van der Waals surface area contributed by atoms with E-state index in [1.807, 2.05) is 55.5 Å². The number of fused-ring (bicyclic) bond motifs is 1. The lowest BCUT2D eigenvalue weighted by atomic mass is 10.0. The average Bonchev–Trinajstić information content (AvgIpc) is 3.25. The van der Waals surface area contributed by atoms with Crippen LogP contribution in [0.25, 0.3) is 22.7 Å². The van der Waals surface area contributed by atoms with Crippen molar-refractivity contribution in [3.05, 3.63) is 102 Å². The van der Waals surface area contributed by atoms with Crippen LogP contribution in [0.15, 0.2) is 89.6 Å². The molecule has 0 aliphatic heterocycles. The number of hydrogen-bond acceptors (Lipinski definition) is 5. The van der Waals surface area contributed by atoms with Gasteiger partial charge >= 0.3 is 0 Å². The number of carbonyl (C=O) groups excluding carboxylic acids is 1. The molecular weight excluding hydrogens is 390 g/mol. The molecule has 0 N–H and O–H groups in total. The maximum atomic E-state index is 13.5. The summed E-state index contributed by atoms with van der Waals surface area (Å²) in [7, 11) is 1.59. The van der Waals surface area contributed by atoms with E-state index in [1.54, 1.807) is 49.8 Å². The molecule has 0 unspecified atom stereocenters. The van der Waals surface area contributed by atoms with Gasteiger partial charge < -0.3 is 13.9 Å². The quantitative estimate of drug-likeness (QED) is 0.207. The summed E-state index contributed by atoms with van der Waals surface area (Å²) >= 11 is 0. The molecule has 0 saturated carbocycles. The van der Waals surface area contributed by atoms with Crippen molar-refractivity contribution in [3.63, 3.8) is 0 Å². The first kappa shape index (κ1) is 20.2. The van der Waals surface area contributed by atoms with Gasteiger partial charge in [-0.3, -0.25) is 4.79 Å². The number of ether oxygens (including phenoxy) is 2. The number of rotatable bonds is 7. The van der Waals surface area contributed by atoms with Crippen molar-refractivity contribution in [2.75, 3.05) is 7.11 Å². The Morgan fingerprint density at radius 2 is 1.71 bits per heavy atom. The molecule has 0 atom stereocenters. The first-order chi connectivity index (χ1) is 15.2. The van der Waals surface area contributed by atoms with Gasteiger partial charge in [0.25, 0.3) is 0 Å². The molecule has 4 aromatic rings. The van der Waals surface area contributed by atoms with Crippen LogP contribution >= 0.6 is 0 Å². The van der Waals surface area contributed by atoms with Crippen LogP contribution in [-0.4, -0.2) is 17.9 Å². The first-order valence-electron chi connectivity index (χ1n) is 9.83. The lowest BCUT2D eigenvalue weighted by Crippen LogP contribution is -2.03. The van der Waals surface area contributed by atoms with Gasteiger partial charge in [-0.15, -0.1) is 0 Å². The Bertz CT molecular complexity index is 1230. The van der Waals surface area contributed by atoms with E-state index < -0.39 is 0 Å². The van der Waals surface area contributed by atoms with Gasteiger partial charge in [-0.1, -0.05) is 36.4 Å². The van der Waals surface area contributed by atoms with E-state index in [0.29, 0.717) is 33.7 Å². The Balaban J connectivity index is 1.80. The maximum Gasteiger partial charge on any atom is 0.231 e. The molecule has 0 fully saturated rings. The van der Waals surface area contributed by atoms with Gasteiger partial charge in [0.1, 0.15) is 17.0 Å². The normalized spacial score (nSPS) is 11.7. The van der Waals surface area contributed by atoms with Crippen molar-refractivity contribution >= 4 is 28.5 Å². The fourth-order valence-electron chi connectivity index (χ4n) is 3.14. The zero-order valence-electron chi connectivity index (χ0n) is 17.2. The lowest BCUT2D eigenvalue weighted by molar-refractivity contribution is 0.105. The summed E-state index contributed by atoms with van der Waals surface area (Å²) in [6, 6.07) is 21.8. The van der Waals surface area contributed by atoms with Crippen molar-refractivity contribution in [2.24, 2.45) is 0 Å². The third-order valence-electron chi connectivity index (χ3n) is 4.66. The number of carbonyl (C=O) groups is 1. The fourth-order valence-corrected chi connectivity index (χ4v) is 3.14. The van der Waals surface area contributed by atoms with Crippen LogP contribution in [0.5, 0.6) is 11.5 Å². The van der Waals surface area contributed by atoms with E-state index in [-0.39, 0.29) is 11.7 Å². The third-order valence-corrected chi connectivity index (χ3v) is 4.66. The molecule has 154 valence electrons. The maximum absolute atomic E-state index is 13.5. The molecule has 5 heteroatoms. The summed E-state index contributed by atoms with van der Waals surface area (Å²) in [6.45, 7) is 1.87. The fraction of sp³-hybridized carbons (Fsp3) is 0.0769. The van der Waals surface area contributed by atoms with Gasteiger partial charge in [-0.2, -0.15) is 0 Å². The minimum atomic E-state index is -0.213. The Labute approximate surface area is 180 Å². The van der Waals surface area contributed by atoms with Crippen LogP contribution in [0.2, 0.25) is 0 Å². The van der Waals surface area contributed by atoms with Gasteiger partial charge in [-0.25, -0.2) is 4.98 Å². The third kappa shape index (κ3) is 4.41. The molecule has 0 aliphatic rings. The number of benzene rings is 3. The summed E-state index contributed by atoms with van der Waals surface area (Å²) in [4.78, 5) is 18.0. The summed E-state index contributed by atoms with van der Waals surface area (Å²) in [5, 5.41) is 0. The van der Waals surface area contributed by atoms with Crippen molar-refractivity contribution in [1.82, 2.24) is 4.98 Å². The number of methoxy groups -OCH3 is 1. The van der Waals surface area contributed by atoms with E-state index in [4.69, 9.17) is 13.9 Å². The average molecular weight is 411 g/mol. The monoisotopic (exact) mass is 411 g/mol. The zero-order valence-corrected chi connectivity index (χ0v) is 17.2. The number of oxazole rings is 1. The number of aromatic nitrogens is 1. The molecule has 5 nitrogen and oxygen atoms in total. The standard InChI is InChI=1S/C26H21NO4/c1-3-16-30-20-14-12-18(13-15-20)25(28)21(17-19-8-4-6-10-23(19)29-2)26-27-22-9-5-7-11-24(22)31-26/h3-17H,1-2H3/b16-3+,21-17+. The molecule has 31 heavy (non-hydrogen) atoms. The largest absolute Gasteiger partial charge is 0.496 e. The highest BCUT2D eigenvalue weighted by Gasteiger charge is 2.21. The predicted molar refractivity (Wildman–Crippen MR) is 121 cm³/mol. The summed E-state index contributed by atoms with van der Waals surface area (Å²) in [5.41, 5.74) is 2.89. The molecule has 3 aromatic carbocycles. The second-order valence-corrected chi connectivity index (χ2v) is 6.73. The van der Waals surface area contributed by atoms with E-state index in [9.17, 15) is 4.79 Å². The smallest absolute Gasteiger partial charge is 0.231 e. The lowest BCUT2D eigenvalue weighted by Gasteiger charge is -2.08. The molecule has 0 radical (unpaired) electrons. The number of para-hydroxylation sites is 3. The van der Waals surface area contributed by atoms with E-state index in [0.717, 1.165) is 5.56 Å². The number of nitrogens with zero attached hydrogens (tertiary/aromatic N) is 1. The number of Topliss-reactive ketones (excluding diaryl/α,β-unsaturated/α-hetero) is 1. The van der Waals surface area contributed by atoms with Crippen molar-refractivity contribution in [1.29, 1.82) is 0 Å². The number of hydrogen-bond donors (Lipinski definition) is 0. The van der Waals surface area contributed by atoms with Gasteiger partial charge in [-0.05, 0) is 55.5 Å². The van der Waals surface area contributed by atoms with Crippen LogP contribution in [0, 0.1) is 0 Å². The van der Waals surface area contributed by atoms with Crippen molar-refractivity contribution in [3.8, 4) is 11.5 Å². The van der Waals surface area contributed by atoms with Gasteiger partial charge in [0.05, 0.1) is 18.9 Å². The predicted octanol–water partition coefficient (Wildman–Crippen LogP) is 6.17. The van der Waals surface area contributed by atoms with Gasteiger partial charge in [0, 0.05) is 11.1 Å². The minimum absolute atomic E-state index is 0.213. The van der Waals surface area contributed by atoms with Crippen LogP contribution in [0.1, 0.15) is 28.7 Å². The molecule has 1 aromatic heterocycles. The molecule has 4 rings (SSSR count). The van der Waals surface area contributed by atoms with Crippen LogP contribution in [0.4, 0.5) is 0 Å². The molecule has 0 aliphatic carbocycles. The second-order valence-electron chi connectivity index (χ2n) is 6.73. The minimum Gasteiger partial charge on any atom is -0.496 e. The van der Waals surface area contributed by atoms with Crippen molar-refractivity contribution < 1.29 is 18.7 Å². The highest BCUT2D eigenvalue weighted by molar-refractivity contribution is 6.31. The van der Waals surface area contributed by atoms with Crippen LogP contribution in [-0.2, 0) is 0 Å². The summed E-state index contributed by atoms with van der Waals surface area (Å²) in [5.74, 6) is 1.34.